The Morgan fingerprint density at radius 3 is 2.76 bits per heavy atom. The first kappa shape index (κ1) is 13.7. The van der Waals surface area contributed by atoms with Gasteiger partial charge in [0.15, 0.2) is 5.65 Å². The number of fused-ring (bicyclic) bond motifs is 2. The molecule has 4 heterocycles. The lowest BCUT2D eigenvalue weighted by molar-refractivity contribution is 0.954. The zero-order chi connectivity index (χ0) is 16.8. The molecular formula is C19H14N6. The second kappa shape index (κ2) is 5.17. The minimum Gasteiger partial charge on any atom is -0.383 e. The number of hydrogen-bond acceptors (Lipinski definition) is 4. The molecule has 0 fully saturated rings. The Balaban J connectivity index is 1.67. The molecule has 0 atom stereocenters. The van der Waals surface area contributed by atoms with Crippen LogP contribution in [0.15, 0.2) is 73.3 Å². The van der Waals surface area contributed by atoms with E-state index in [0.29, 0.717) is 5.82 Å². The van der Waals surface area contributed by atoms with Crippen molar-refractivity contribution in [2.24, 2.45) is 0 Å². The van der Waals surface area contributed by atoms with Crippen molar-refractivity contribution in [1.29, 1.82) is 0 Å². The van der Waals surface area contributed by atoms with Gasteiger partial charge in [0.2, 0.25) is 0 Å². The highest BCUT2D eigenvalue weighted by Gasteiger charge is 2.11. The Kier molecular flexibility index (Phi) is 2.84. The first-order valence-corrected chi connectivity index (χ1v) is 7.92. The van der Waals surface area contributed by atoms with Crippen LogP contribution in [0.2, 0.25) is 0 Å². The summed E-state index contributed by atoms with van der Waals surface area (Å²) in [5, 5.41) is 5.34. The Morgan fingerprint density at radius 2 is 1.88 bits per heavy atom. The maximum atomic E-state index is 6.28. The average molecular weight is 326 g/mol. The number of nitrogens with two attached hydrogens (primary N) is 1. The van der Waals surface area contributed by atoms with Crippen LogP contribution < -0.4 is 5.73 Å². The summed E-state index contributed by atoms with van der Waals surface area (Å²) in [7, 11) is 0. The van der Waals surface area contributed by atoms with Crippen LogP contribution in [0.3, 0.4) is 0 Å². The van der Waals surface area contributed by atoms with Gasteiger partial charge in [-0.15, -0.1) is 0 Å². The topological polar surface area (TPSA) is 74.0 Å². The molecule has 25 heavy (non-hydrogen) atoms. The summed E-state index contributed by atoms with van der Waals surface area (Å²) in [6.07, 6.45) is 7.30. The van der Waals surface area contributed by atoms with E-state index in [1.807, 2.05) is 36.5 Å². The van der Waals surface area contributed by atoms with Gasteiger partial charge < -0.3 is 10.3 Å². The second-order valence-corrected chi connectivity index (χ2v) is 5.81. The van der Waals surface area contributed by atoms with Crippen molar-refractivity contribution < 1.29 is 0 Å². The van der Waals surface area contributed by atoms with Gasteiger partial charge in [0.25, 0.3) is 0 Å². The van der Waals surface area contributed by atoms with Gasteiger partial charge in [-0.1, -0.05) is 12.1 Å². The van der Waals surface area contributed by atoms with Crippen LogP contribution in [0, 0.1) is 0 Å². The third-order valence-electron chi connectivity index (χ3n) is 4.35. The number of nitrogen functional groups attached to an aromatic ring is 1. The molecule has 4 aromatic heterocycles. The monoisotopic (exact) mass is 326 g/mol. The van der Waals surface area contributed by atoms with Gasteiger partial charge in [-0.25, -0.2) is 9.97 Å². The van der Waals surface area contributed by atoms with Crippen molar-refractivity contribution in [1.82, 2.24) is 24.1 Å². The fourth-order valence-electron chi connectivity index (χ4n) is 3.12. The summed E-state index contributed by atoms with van der Waals surface area (Å²) >= 11 is 0. The van der Waals surface area contributed by atoms with E-state index in [-0.39, 0.29) is 0 Å². The van der Waals surface area contributed by atoms with Crippen LogP contribution in [-0.2, 0) is 0 Å². The molecule has 5 aromatic rings. The molecule has 6 heteroatoms. The standard InChI is InChI=1S/C19H14N6/c20-19-15(12-22-18-6-9-23-25(18)19)13-4-5-16-14(11-13)7-10-24(16)17-3-1-2-8-21-17/h1-12H,20H2. The van der Waals surface area contributed by atoms with Crippen LogP contribution in [0.5, 0.6) is 0 Å². The lowest BCUT2D eigenvalue weighted by Crippen LogP contribution is -2.02. The number of rotatable bonds is 2. The van der Waals surface area contributed by atoms with E-state index in [2.05, 4.69) is 37.8 Å². The summed E-state index contributed by atoms with van der Waals surface area (Å²) < 4.78 is 3.72. The lowest BCUT2D eigenvalue weighted by Gasteiger charge is -2.08. The van der Waals surface area contributed by atoms with Gasteiger partial charge in [-0.2, -0.15) is 9.61 Å². The number of aromatic nitrogens is 5. The Morgan fingerprint density at radius 1 is 0.920 bits per heavy atom. The fraction of sp³-hybridized carbons (Fsp3) is 0. The van der Waals surface area contributed by atoms with Crippen molar-refractivity contribution in [3.63, 3.8) is 0 Å². The molecule has 0 aliphatic heterocycles. The molecule has 0 aliphatic carbocycles. The zero-order valence-corrected chi connectivity index (χ0v) is 13.2. The van der Waals surface area contributed by atoms with Gasteiger partial charge >= 0.3 is 0 Å². The molecule has 0 saturated carbocycles. The largest absolute Gasteiger partial charge is 0.383 e. The van der Waals surface area contributed by atoms with Crippen LogP contribution >= 0.6 is 0 Å². The molecule has 0 bridgehead atoms. The molecule has 120 valence electrons. The van der Waals surface area contributed by atoms with E-state index >= 15 is 0 Å². The number of nitrogens with zero attached hydrogens (tertiary/aromatic N) is 5. The number of anilines is 1. The molecule has 0 radical (unpaired) electrons. The van der Waals surface area contributed by atoms with Gasteiger partial charge in [0.1, 0.15) is 11.6 Å². The summed E-state index contributed by atoms with van der Waals surface area (Å²) in [6.45, 7) is 0. The predicted octanol–water partition coefficient (Wildman–Crippen LogP) is 3.32. The molecule has 6 nitrogen and oxygen atoms in total. The minimum atomic E-state index is 0.582. The molecule has 0 saturated heterocycles. The van der Waals surface area contributed by atoms with Crippen molar-refractivity contribution in [2.75, 3.05) is 5.73 Å². The third-order valence-corrected chi connectivity index (χ3v) is 4.35. The highest BCUT2D eigenvalue weighted by atomic mass is 15.3. The molecule has 1 aromatic carbocycles. The average Bonchev–Trinajstić information content (AvgIpc) is 3.29. The predicted molar refractivity (Wildman–Crippen MR) is 97.5 cm³/mol. The normalized spacial score (nSPS) is 11.4. The maximum Gasteiger partial charge on any atom is 0.157 e. The van der Waals surface area contributed by atoms with Gasteiger partial charge in [-0.3, -0.25) is 0 Å². The van der Waals surface area contributed by atoms with Gasteiger partial charge in [0, 0.05) is 35.6 Å². The number of hydrogen-bond donors (Lipinski definition) is 1. The third kappa shape index (κ3) is 2.08. The molecule has 0 unspecified atom stereocenters. The SMILES string of the molecule is Nc1c(-c2ccc3c(ccn3-c3ccccn3)c2)cnc2ccnn12. The first-order chi connectivity index (χ1) is 12.3. The second-order valence-electron chi connectivity index (χ2n) is 5.81. The van der Waals surface area contributed by atoms with E-state index in [4.69, 9.17) is 5.73 Å². The van der Waals surface area contributed by atoms with Gasteiger partial charge in [0.05, 0.1) is 11.7 Å². The highest BCUT2D eigenvalue weighted by molar-refractivity contribution is 5.88. The summed E-state index contributed by atoms with van der Waals surface area (Å²) in [6, 6.07) is 16.0. The molecule has 0 spiro atoms. The summed E-state index contributed by atoms with van der Waals surface area (Å²) in [5.74, 6) is 1.47. The van der Waals surface area contributed by atoms with E-state index < -0.39 is 0 Å². The smallest absolute Gasteiger partial charge is 0.157 e. The number of pyridine rings is 1. The van der Waals surface area contributed by atoms with Crippen molar-refractivity contribution >= 4 is 22.4 Å². The first-order valence-electron chi connectivity index (χ1n) is 7.92. The highest BCUT2D eigenvalue weighted by Crippen LogP contribution is 2.29. The Hall–Kier alpha value is -3.67. The maximum absolute atomic E-state index is 6.28. The summed E-state index contributed by atoms with van der Waals surface area (Å²) in [5.41, 5.74) is 9.98. The van der Waals surface area contributed by atoms with Crippen LogP contribution in [0.1, 0.15) is 0 Å². The van der Waals surface area contributed by atoms with E-state index in [1.54, 1.807) is 23.1 Å². The van der Waals surface area contributed by atoms with E-state index in [0.717, 1.165) is 33.5 Å². The molecule has 0 amide bonds. The van der Waals surface area contributed by atoms with Crippen LogP contribution in [-0.4, -0.2) is 24.1 Å². The molecule has 0 aliphatic rings. The number of benzene rings is 1. The quantitative estimate of drug-likeness (QED) is 0.540. The van der Waals surface area contributed by atoms with Gasteiger partial charge in [-0.05, 0) is 35.9 Å². The zero-order valence-electron chi connectivity index (χ0n) is 13.2. The van der Waals surface area contributed by atoms with E-state index in [9.17, 15) is 0 Å². The van der Waals surface area contributed by atoms with E-state index in [1.165, 1.54) is 0 Å². The molecule has 2 N–H and O–H groups in total. The fourth-order valence-corrected chi connectivity index (χ4v) is 3.12. The van der Waals surface area contributed by atoms with Crippen molar-refractivity contribution in [3.8, 4) is 16.9 Å². The molecular weight excluding hydrogens is 312 g/mol. The van der Waals surface area contributed by atoms with Crippen LogP contribution in [0.4, 0.5) is 5.82 Å². The summed E-state index contributed by atoms with van der Waals surface area (Å²) in [4.78, 5) is 8.83. The minimum absolute atomic E-state index is 0.582. The Bertz CT molecular complexity index is 1200. The van der Waals surface area contributed by atoms with Crippen molar-refractivity contribution in [2.45, 2.75) is 0 Å². The van der Waals surface area contributed by atoms with Crippen molar-refractivity contribution in [3.05, 3.63) is 73.3 Å². The van der Waals surface area contributed by atoms with Crippen LogP contribution in [0.25, 0.3) is 33.5 Å². The lowest BCUT2D eigenvalue weighted by atomic mass is 10.1. The molecule has 5 rings (SSSR count). The Labute approximate surface area is 143 Å².